The molecule has 1 heteroatoms. The SMILES string of the molecule is C=C1/C=C\C=C/N(c2ccc(-c3ccc(C)cc3)cc2)c2ccc(CC)cc21.Cc1ccccc1-c1ccccc1C. The van der Waals surface area contributed by atoms with E-state index in [1.807, 2.05) is 0 Å². The smallest absolute Gasteiger partial charge is 0.0533 e. The summed E-state index contributed by atoms with van der Waals surface area (Å²) in [5.41, 5.74) is 14.9. The van der Waals surface area contributed by atoms with E-state index < -0.39 is 0 Å². The Morgan fingerprint density at radius 3 is 1.74 bits per heavy atom. The zero-order valence-corrected chi connectivity index (χ0v) is 25.1. The van der Waals surface area contributed by atoms with Gasteiger partial charge in [-0.1, -0.05) is 122 Å². The van der Waals surface area contributed by atoms with Crippen LogP contribution in [-0.4, -0.2) is 0 Å². The first-order valence-corrected chi connectivity index (χ1v) is 14.7. The van der Waals surface area contributed by atoms with Gasteiger partial charge in [0.05, 0.1) is 5.69 Å². The number of benzene rings is 5. The van der Waals surface area contributed by atoms with Gasteiger partial charge in [-0.15, -0.1) is 0 Å². The largest absolute Gasteiger partial charge is 0.317 e. The van der Waals surface area contributed by atoms with Crippen LogP contribution in [0.1, 0.15) is 34.7 Å². The quantitative estimate of drug-likeness (QED) is 0.217. The fourth-order valence-corrected chi connectivity index (χ4v) is 5.28. The number of anilines is 2. The maximum absolute atomic E-state index is 4.27. The van der Waals surface area contributed by atoms with Gasteiger partial charge in [-0.25, -0.2) is 0 Å². The first-order chi connectivity index (χ1) is 20.4. The van der Waals surface area contributed by atoms with E-state index in [9.17, 15) is 0 Å². The average molecular weight is 546 g/mol. The summed E-state index contributed by atoms with van der Waals surface area (Å²) in [5, 5.41) is 0. The van der Waals surface area contributed by atoms with Crippen LogP contribution in [0.5, 0.6) is 0 Å². The summed E-state index contributed by atoms with van der Waals surface area (Å²) in [6, 6.07) is 41.1. The maximum atomic E-state index is 4.27. The summed E-state index contributed by atoms with van der Waals surface area (Å²) < 4.78 is 0. The number of rotatable bonds is 4. The highest BCUT2D eigenvalue weighted by Crippen LogP contribution is 2.36. The Labute approximate surface area is 251 Å². The van der Waals surface area contributed by atoms with Crippen molar-refractivity contribution in [3.63, 3.8) is 0 Å². The van der Waals surface area contributed by atoms with Gasteiger partial charge in [0, 0.05) is 17.5 Å². The molecule has 0 bridgehead atoms. The molecule has 0 unspecified atom stereocenters. The van der Waals surface area contributed by atoms with Crippen molar-refractivity contribution in [1.29, 1.82) is 0 Å². The fourth-order valence-electron chi connectivity index (χ4n) is 5.28. The predicted octanol–water partition coefficient (Wildman–Crippen LogP) is 11.4. The number of hydrogen-bond donors (Lipinski definition) is 0. The summed E-state index contributed by atoms with van der Waals surface area (Å²) in [6.45, 7) is 12.9. The molecule has 0 radical (unpaired) electrons. The Morgan fingerprint density at radius 2 is 1.17 bits per heavy atom. The topological polar surface area (TPSA) is 3.24 Å². The lowest BCUT2D eigenvalue weighted by Crippen LogP contribution is -2.11. The van der Waals surface area contributed by atoms with Gasteiger partial charge in [0.1, 0.15) is 0 Å². The standard InChI is InChI=1S/C27H25N.C14H14/c1-4-22-10-17-27-26(19-22)21(3)7-5-6-18-28(27)25-15-13-24(14-16-25)23-11-8-20(2)9-12-23;1-11-7-3-5-9-13(11)14-10-6-4-8-12(14)2/h5-19H,3-4H2,1-2H3;3-10H,1-2H3/b7-5-,18-6-;. The zero-order valence-electron chi connectivity index (χ0n) is 25.1. The molecule has 0 aromatic heterocycles. The maximum Gasteiger partial charge on any atom is 0.0533 e. The third kappa shape index (κ3) is 6.53. The normalized spacial score (nSPS) is 13.7. The van der Waals surface area contributed by atoms with Crippen molar-refractivity contribution in [2.45, 2.75) is 34.1 Å². The van der Waals surface area contributed by atoms with Gasteiger partial charge in [0.15, 0.2) is 0 Å². The van der Waals surface area contributed by atoms with E-state index in [1.165, 1.54) is 50.1 Å². The molecular formula is C41H39N. The summed E-state index contributed by atoms with van der Waals surface area (Å²) >= 11 is 0. The first kappa shape index (κ1) is 28.6. The summed E-state index contributed by atoms with van der Waals surface area (Å²) in [6.07, 6.45) is 9.33. The molecule has 0 aliphatic carbocycles. The number of allylic oxidation sites excluding steroid dienone is 4. The Bertz CT molecular complexity index is 1690. The van der Waals surface area contributed by atoms with Crippen LogP contribution in [0, 0.1) is 20.8 Å². The van der Waals surface area contributed by atoms with Crippen molar-refractivity contribution in [1.82, 2.24) is 0 Å². The summed E-state index contributed by atoms with van der Waals surface area (Å²) in [4.78, 5) is 2.24. The van der Waals surface area contributed by atoms with Gasteiger partial charge in [0.2, 0.25) is 0 Å². The van der Waals surface area contributed by atoms with Crippen LogP contribution < -0.4 is 4.90 Å². The van der Waals surface area contributed by atoms with Crippen LogP contribution in [0.4, 0.5) is 11.4 Å². The van der Waals surface area contributed by atoms with E-state index >= 15 is 0 Å². The molecule has 5 aromatic rings. The van der Waals surface area contributed by atoms with Crippen molar-refractivity contribution in [3.05, 3.63) is 174 Å². The molecule has 0 fully saturated rings. The van der Waals surface area contributed by atoms with Gasteiger partial charge >= 0.3 is 0 Å². The third-order valence-corrected chi connectivity index (χ3v) is 7.83. The molecule has 1 aliphatic heterocycles. The first-order valence-electron chi connectivity index (χ1n) is 14.7. The lowest BCUT2D eigenvalue weighted by atomic mass is 9.97. The van der Waals surface area contributed by atoms with E-state index in [0.29, 0.717) is 0 Å². The van der Waals surface area contributed by atoms with Crippen LogP contribution in [0.15, 0.2) is 146 Å². The number of fused-ring (bicyclic) bond motifs is 1. The Hall–Kier alpha value is -4.88. The van der Waals surface area contributed by atoms with Crippen LogP contribution in [0.2, 0.25) is 0 Å². The van der Waals surface area contributed by atoms with Crippen LogP contribution >= 0.6 is 0 Å². The zero-order chi connectivity index (χ0) is 29.5. The van der Waals surface area contributed by atoms with Crippen molar-refractivity contribution >= 4 is 16.9 Å². The molecule has 0 atom stereocenters. The number of nitrogens with zero attached hydrogens (tertiary/aromatic N) is 1. The molecule has 6 rings (SSSR count). The lowest BCUT2D eigenvalue weighted by molar-refractivity contribution is 1.13. The third-order valence-electron chi connectivity index (χ3n) is 7.83. The van der Waals surface area contributed by atoms with E-state index in [2.05, 4.69) is 179 Å². The van der Waals surface area contributed by atoms with E-state index in [-0.39, 0.29) is 0 Å². The van der Waals surface area contributed by atoms with Crippen molar-refractivity contribution in [2.75, 3.05) is 4.90 Å². The molecule has 0 saturated heterocycles. The fraction of sp³-hybridized carbons (Fsp3) is 0.122. The van der Waals surface area contributed by atoms with Crippen LogP contribution in [0.3, 0.4) is 0 Å². The molecule has 1 nitrogen and oxygen atoms in total. The highest BCUT2D eigenvalue weighted by molar-refractivity contribution is 5.86. The minimum absolute atomic E-state index is 1.02. The molecule has 1 heterocycles. The van der Waals surface area contributed by atoms with Gasteiger partial charge in [-0.3, -0.25) is 0 Å². The predicted molar refractivity (Wildman–Crippen MR) is 183 cm³/mol. The molecule has 208 valence electrons. The molecule has 42 heavy (non-hydrogen) atoms. The van der Waals surface area contributed by atoms with Gasteiger partial charge < -0.3 is 4.90 Å². The summed E-state index contributed by atoms with van der Waals surface area (Å²) in [7, 11) is 0. The Kier molecular flexibility index (Phi) is 8.99. The van der Waals surface area contributed by atoms with Gasteiger partial charge in [0.25, 0.3) is 0 Å². The van der Waals surface area contributed by atoms with Gasteiger partial charge in [-0.05, 0) is 102 Å². The average Bonchev–Trinajstić information content (AvgIpc) is 3.01. The van der Waals surface area contributed by atoms with Crippen molar-refractivity contribution in [3.8, 4) is 22.3 Å². The second-order valence-electron chi connectivity index (χ2n) is 10.8. The monoisotopic (exact) mass is 545 g/mol. The lowest BCUT2D eigenvalue weighted by Gasteiger charge is -2.25. The number of aryl methyl sites for hydroxylation is 4. The van der Waals surface area contributed by atoms with E-state index in [1.54, 1.807) is 0 Å². The highest BCUT2D eigenvalue weighted by atomic mass is 15.1. The Balaban J connectivity index is 0.000000211. The molecular weight excluding hydrogens is 506 g/mol. The van der Waals surface area contributed by atoms with E-state index in [0.717, 1.165) is 23.4 Å². The second kappa shape index (κ2) is 13.2. The minimum Gasteiger partial charge on any atom is -0.317 e. The molecule has 0 N–H and O–H groups in total. The molecule has 0 amide bonds. The Morgan fingerprint density at radius 1 is 0.595 bits per heavy atom. The molecule has 0 saturated carbocycles. The minimum atomic E-state index is 1.02. The second-order valence-corrected chi connectivity index (χ2v) is 10.8. The van der Waals surface area contributed by atoms with Crippen molar-refractivity contribution in [2.24, 2.45) is 0 Å². The van der Waals surface area contributed by atoms with Crippen LogP contribution in [-0.2, 0) is 6.42 Å². The summed E-state index contributed by atoms with van der Waals surface area (Å²) in [5.74, 6) is 0. The van der Waals surface area contributed by atoms with E-state index in [4.69, 9.17) is 0 Å². The van der Waals surface area contributed by atoms with Gasteiger partial charge in [-0.2, -0.15) is 0 Å². The van der Waals surface area contributed by atoms with Crippen molar-refractivity contribution < 1.29 is 0 Å². The molecule has 5 aromatic carbocycles. The number of hydrogen-bond acceptors (Lipinski definition) is 1. The molecule has 0 spiro atoms. The molecule has 1 aliphatic rings. The highest BCUT2D eigenvalue weighted by Gasteiger charge is 2.14. The van der Waals surface area contributed by atoms with Crippen LogP contribution in [0.25, 0.3) is 27.8 Å².